The smallest absolute Gasteiger partial charge is 0.408 e. The van der Waals surface area contributed by atoms with Crippen molar-refractivity contribution < 1.29 is 13.9 Å². The molecule has 0 radical (unpaired) electrons. The van der Waals surface area contributed by atoms with Crippen molar-refractivity contribution in [1.29, 1.82) is 0 Å². The summed E-state index contributed by atoms with van der Waals surface area (Å²) in [6, 6.07) is 5.84. The number of ether oxygens (including phenoxy) is 1. The number of halogens is 1. The molecule has 8 heteroatoms. The summed E-state index contributed by atoms with van der Waals surface area (Å²) in [6.45, 7) is 8.74. The van der Waals surface area contributed by atoms with Gasteiger partial charge in [0.25, 0.3) is 5.56 Å². The number of alkyl carbamates (subject to hydrolysis) is 1. The third-order valence-electron chi connectivity index (χ3n) is 4.20. The topological polar surface area (TPSA) is 86.1 Å². The van der Waals surface area contributed by atoms with Gasteiger partial charge in [-0.2, -0.15) is 0 Å². The predicted octanol–water partition coefficient (Wildman–Crippen LogP) is 3.81. The molecule has 1 N–H and O–H groups in total. The highest BCUT2D eigenvalue weighted by atomic mass is 19.1. The van der Waals surface area contributed by atoms with Gasteiger partial charge in [-0.3, -0.25) is 14.3 Å². The minimum Gasteiger partial charge on any atom is -0.444 e. The number of aryl methyl sites for hydroxylation is 1. The first-order valence-electron chi connectivity index (χ1n) is 9.19. The lowest BCUT2D eigenvalue weighted by atomic mass is 10.1. The van der Waals surface area contributed by atoms with Crippen molar-refractivity contribution >= 4 is 17.0 Å². The van der Waals surface area contributed by atoms with Gasteiger partial charge in [0.2, 0.25) is 0 Å². The number of hydrogen-bond donors (Lipinski definition) is 1. The van der Waals surface area contributed by atoms with Gasteiger partial charge in [-0.25, -0.2) is 14.2 Å². The fraction of sp³-hybridized carbons (Fsp3) is 0.333. The predicted molar refractivity (Wildman–Crippen MR) is 108 cm³/mol. The highest BCUT2D eigenvalue weighted by Crippen LogP contribution is 2.20. The van der Waals surface area contributed by atoms with Crippen LogP contribution in [0, 0.1) is 12.7 Å². The van der Waals surface area contributed by atoms with Gasteiger partial charge in [-0.1, -0.05) is 12.1 Å². The quantitative estimate of drug-likeness (QED) is 0.725. The van der Waals surface area contributed by atoms with Crippen molar-refractivity contribution in [2.75, 3.05) is 0 Å². The monoisotopic (exact) mass is 398 g/mol. The summed E-state index contributed by atoms with van der Waals surface area (Å²) in [5.74, 6) is -0.343. The lowest BCUT2D eigenvalue weighted by molar-refractivity contribution is 0.0505. The van der Waals surface area contributed by atoms with E-state index < -0.39 is 23.6 Å². The number of aromatic nitrogens is 3. The molecule has 0 unspecified atom stereocenters. The zero-order valence-electron chi connectivity index (χ0n) is 17.0. The minimum absolute atomic E-state index is 0.223. The molecule has 3 aromatic rings. The third kappa shape index (κ3) is 4.42. The first-order valence-corrected chi connectivity index (χ1v) is 9.19. The van der Waals surface area contributed by atoms with Crippen LogP contribution >= 0.6 is 0 Å². The number of fused-ring (bicyclic) bond motifs is 1. The molecule has 29 heavy (non-hydrogen) atoms. The second kappa shape index (κ2) is 7.62. The zero-order valence-corrected chi connectivity index (χ0v) is 17.0. The lowest BCUT2D eigenvalue weighted by Gasteiger charge is -2.23. The van der Waals surface area contributed by atoms with Gasteiger partial charge in [-0.05, 0) is 46.2 Å². The Morgan fingerprint density at radius 2 is 2.00 bits per heavy atom. The number of nitrogens with zero attached hydrogens (tertiary/aromatic N) is 3. The molecule has 2 aromatic heterocycles. The Morgan fingerprint density at radius 1 is 1.28 bits per heavy atom. The number of hydrogen-bond acceptors (Lipinski definition) is 5. The van der Waals surface area contributed by atoms with Crippen molar-refractivity contribution in [1.82, 2.24) is 19.9 Å². The standard InChI is InChI=1S/C21H23FN4O3/c1-12-7-6-8-16-17(12)19(27)26(15-9-14(22)10-23-11-15)18(25-16)13(2)24-20(28)29-21(3,4)5/h6-11,13H,1-5H3,(H,24,28)/t13-/m0/s1. The van der Waals surface area contributed by atoms with Crippen LogP contribution in [0.3, 0.4) is 0 Å². The molecule has 0 fully saturated rings. The molecule has 0 bridgehead atoms. The Kier molecular flexibility index (Phi) is 5.37. The Morgan fingerprint density at radius 3 is 2.66 bits per heavy atom. The molecule has 0 aliphatic heterocycles. The summed E-state index contributed by atoms with van der Waals surface area (Å²) in [6.07, 6.45) is 1.78. The molecule has 0 aliphatic carbocycles. The molecule has 3 rings (SSSR count). The number of benzene rings is 1. The van der Waals surface area contributed by atoms with Crippen LogP contribution in [0.4, 0.5) is 9.18 Å². The Labute approximate surface area is 167 Å². The van der Waals surface area contributed by atoms with Crippen molar-refractivity contribution in [3.05, 3.63) is 64.2 Å². The van der Waals surface area contributed by atoms with Gasteiger partial charge >= 0.3 is 6.09 Å². The fourth-order valence-electron chi connectivity index (χ4n) is 3.02. The Hall–Kier alpha value is -3.29. The van der Waals surface area contributed by atoms with Crippen LogP contribution in [-0.4, -0.2) is 26.2 Å². The van der Waals surface area contributed by atoms with Crippen molar-refractivity contribution in [3.63, 3.8) is 0 Å². The van der Waals surface area contributed by atoms with Gasteiger partial charge < -0.3 is 10.1 Å². The maximum Gasteiger partial charge on any atom is 0.408 e. The van der Waals surface area contributed by atoms with E-state index in [9.17, 15) is 14.0 Å². The summed E-state index contributed by atoms with van der Waals surface area (Å²) in [5, 5.41) is 3.11. The first-order chi connectivity index (χ1) is 13.6. The van der Waals surface area contributed by atoms with E-state index >= 15 is 0 Å². The molecule has 0 saturated heterocycles. The molecule has 1 atom stereocenters. The molecule has 152 valence electrons. The van der Waals surface area contributed by atoms with Crippen LogP contribution < -0.4 is 10.9 Å². The Bertz CT molecular complexity index is 1130. The summed E-state index contributed by atoms with van der Waals surface area (Å²) >= 11 is 0. The SMILES string of the molecule is Cc1cccc2nc([C@H](C)NC(=O)OC(C)(C)C)n(-c3cncc(F)c3)c(=O)c12. The van der Waals surface area contributed by atoms with Gasteiger partial charge in [0.15, 0.2) is 0 Å². The highest BCUT2D eigenvalue weighted by Gasteiger charge is 2.23. The molecule has 1 aromatic carbocycles. The van der Waals surface area contributed by atoms with Crippen molar-refractivity contribution in [2.24, 2.45) is 0 Å². The number of pyridine rings is 1. The second-order valence-electron chi connectivity index (χ2n) is 7.81. The molecule has 7 nitrogen and oxygen atoms in total. The van der Waals surface area contributed by atoms with E-state index in [2.05, 4.69) is 15.3 Å². The van der Waals surface area contributed by atoms with E-state index in [1.54, 1.807) is 39.8 Å². The fourth-order valence-corrected chi connectivity index (χ4v) is 3.02. The Balaban J connectivity index is 2.18. The number of carbonyl (C=O) groups excluding carboxylic acids is 1. The lowest BCUT2D eigenvalue weighted by Crippen LogP contribution is -2.37. The van der Waals surface area contributed by atoms with Crippen molar-refractivity contribution in [3.8, 4) is 5.69 Å². The van der Waals surface area contributed by atoms with Crippen LogP contribution in [0.2, 0.25) is 0 Å². The minimum atomic E-state index is -0.689. The summed E-state index contributed by atoms with van der Waals surface area (Å²) in [7, 11) is 0. The van der Waals surface area contributed by atoms with Crippen LogP contribution in [0.25, 0.3) is 16.6 Å². The van der Waals surface area contributed by atoms with E-state index in [4.69, 9.17) is 4.74 Å². The van der Waals surface area contributed by atoms with E-state index in [0.29, 0.717) is 10.9 Å². The van der Waals surface area contributed by atoms with Gasteiger partial charge in [0.1, 0.15) is 17.2 Å². The highest BCUT2D eigenvalue weighted by molar-refractivity contribution is 5.81. The molecule has 0 aliphatic rings. The molecule has 0 spiro atoms. The van der Waals surface area contributed by atoms with Crippen LogP contribution in [-0.2, 0) is 4.74 Å². The maximum atomic E-state index is 13.8. The molecule has 1 amide bonds. The average molecular weight is 398 g/mol. The van der Waals surface area contributed by atoms with Crippen LogP contribution in [0.1, 0.15) is 45.1 Å². The van der Waals surface area contributed by atoms with E-state index in [1.807, 2.05) is 13.0 Å². The molecule has 0 saturated carbocycles. The summed E-state index contributed by atoms with van der Waals surface area (Å²) in [4.78, 5) is 34.0. The zero-order chi connectivity index (χ0) is 21.3. The van der Waals surface area contributed by atoms with Gasteiger partial charge in [-0.15, -0.1) is 0 Å². The van der Waals surface area contributed by atoms with E-state index in [0.717, 1.165) is 11.8 Å². The normalized spacial score (nSPS) is 12.6. The number of rotatable bonds is 3. The molecular formula is C21H23FN4O3. The van der Waals surface area contributed by atoms with Crippen molar-refractivity contribution in [2.45, 2.75) is 46.3 Å². The third-order valence-corrected chi connectivity index (χ3v) is 4.20. The summed E-state index contributed by atoms with van der Waals surface area (Å²) < 4.78 is 20.4. The van der Waals surface area contributed by atoms with Crippen LogP contribution in [0.5, 0.6) is 0 Å². The number of amides is 1. The number of nitrogens with one attached hydrogen (secondary N) is 1. The maximum absolute atomic E-state index is 13.8. The molecule has 2 heterocycles. The van der Waals surface area contributed by atoms with E-state index in [1.165, 1.54) is 16.8 Å². The first kappa shape index (κ1) is 20.4. The average Bonchev–Trinajstić information content (AvgIpc) is 2.59. The molecular weight excluding hydrogens is 375 g/mol. The second-order valence-corrected chi connectivity index (χ2v) is 7.81. The van der Waals surface area contributed by atoms with Gasteiger partial charge in [0.05, 0.1) is 35.0 Å². The van der Waals surface area contributed by atoms with E-state index in [-0.39, 0.29) is 17.1 Å². The number of carbonyl (C=O) groups is 1. The van der Waals surface area contributed by atoms with Gasteiger partial charge in [0, 0.05) is 6.07 Å². The van der Waals surface area contributed by atoms with Crippen LogP contribution in [0.15, 0.2) is 41.5 Å². The largest absolute Gasteiger partial charge is 0.444 e. The summed E-state index contributed by atoms with van der Waals surface area (Å²) in [5.41, 5.74) is 0.416.